The van der Waals surface area contributed by atoms with Crippen molar-refractivity contribution in [1.82, 2.24) is 9.80 Å². The maximum atomic E-state index is 13.5. The van der Waals surface area contributed by atoms with E-state index in [-0.39, 0.29) is 5.41 Å². The number of hydrogen-bond acceptors (Lipinski definition) is 2. The van der Waals surface area contributed by atoms with E-state index >= 15 is 0 Å². The third-order valence-electron chi connectivity index (χ3n) is 9.07. The van der Waals surface area contributed by atoms with Gasteiger partial charge in [0.25, 0.3) is 0 Å². The molecule has 1 heterocycles. The van der Waals surface area contributed by atoms with Gasteiger partial charge in [0.05, 0.1) is 0 Å². The fourth-order valence-corrected chi connectivity index (χ4v) is 8.22. The Hall–Kier alpha value is -2.13. The van der Waals surface area contributed by atoms with Crippen LogP contribution in [0.25, 0.3) is 0 Å². The average molecular weight is 429 g/mol. The average Bonchev–Trinajstić information content (AvgIpc) is 2.80. The molecule has 1 amide bonds. The minimum absolute atomic E-state index is 0.248. The highest BCUT2D eigenvalue weighted by atomic mass is 16.2. The topological polar surface area (TPSA) is 23.6 Å². The van der Waals surface area contributed by atoms with Crippen molar-refractivity contribution in [3.05, 3.63) is 71.8 Å². The van der Waals surface area contributed by atoms with Crippen molar-refractivity contribution in [3.63, 3.8) is 0 Å². The largest absolute Gasteiger partial charge is 0.340 e. The smallest absolute Gasteiger partial charge is 0.223 e. The van der Waals surface area contributed by atoms with Crippen LogP contribution in [0.4, 0.5) is 0 Å². The van der Waals surface area contributed by atoms with Gasteiger partial charge in [0.2, 0.25) is 5.91 Å². The monoisotopic (exact) mass is 428 g/mol. The van der Waals surface area contributed by atoms with Crippen molar-refractivity contribution in [2.75, 3.05) is 26.2 Å². The first-order valence-electron chi connectivity index (χ1n) is 12.7. The van der Waals surface area contributed by atoms with Crippen molar-refractivity contribution in [3.8, 4) is 0 Å². The molecule has 0 N–H and O–H groups in total. The van der Waals surface area contributed by atoms with Crippen LogP contribution >= 0.6 is 0 Å². The molecule has 0 aromatic heterocycles. The van der Waals surface area contributed by atoms with Gasteiger partial charge < -0.3 is 4.90 Å². The Morgan fingerprint density at radius 1 is 0.812 bits per heavy atom. The molecular weight excluding hydrogens is 392 g/mol. The van der Waals surface area contributed by atoms with Crippen molar-refractivity contribution < 1.29 is 4.79 Å². The molecule has 3 heteroatoms. The van der Waals surface area contributed by atoms with E-state index in [1.54, 1.807) is 5.56 Å². The lowest BCUT2D eigenvalue weighted by Crippen LogP contribution is -2.56. The van der Waals surface area contributed by atoms with Gasteiger partial charge in [-0.25, -0.2) is 0 Å². The first-order chi connectivity index (χ1) is 15.6. The summed E-state index contributed by atoms with van der Waals surface area (Å²) in [4.78, 5) is 18.2. The van der Waals surface area contributed by atoms with E-state index in [0.29, 0.717) is 11.3 Å². The molecule has 2 atom stereocenters. The number of nitrogens with zero attached hydrogens (tertiary/aromatic N) is 2. The van der Waals surface area contributed by atoms with Crippen LogP contribution in [0, 0.1) is 17.3 Å². The van der Waals surface area contributed by atoms with Crippen molar-refractivity contribution in [2.45, 2.75) is 56.9 Å². The normalized spacial score (nSPS) is 34.1. The predicted molar refractivity (Wildman–Crippen MR) is 128 cm³/mol. The maximum absolute atomic E-state index is 13.5. The second-order valence-electron chi connectivity index (χ2n) is 11.4. The van der Waals surface area contributed by atoms with Crippen LogP contribution in [0.2, 0.25) is 0 Å². The Morgan fingerprint density at radius 3 is 2.09 bits per heavy atom. The highest BCUT2D eigenvalue weighted by Gasteiger charge is 2.58. The Morgan fingerprint density at radius 2 is 1.44 bits per heavy atom. The first kappa shape index (κ1) is 20.5. The zero-order valence-corrected chi connectivity index (χ0v) is 19.2. The van der Waals surface area contributed by atoms with Crippen LogP contribution in [-0.2, 0) is 16.8 Å². The molecular formula is C29H36N2O. The number of hydrogen-bond donors (Lipinski definition) is 0. The van der Waals surface area contributed by atoms with Gasteiger partial charge in [0.1, 0.15) is 0 Å². The van der Waals surface area contributed by atoms with E-state index in [1.165, 1.54) is 44.1 Å². The van der Waals surface area contributed by atoms with Gasteiger partial charge in [0.15, 0.2) is 0 Å². The summed E-state index contributed by atoms with van der Waals surface area (Å²) in [6.45, 7) is 4.76. The summed E-state index contributed by atoms with van der Waals surface area (Å²) in [7, 11) is 0. The van der Waals surface area contributed by atoms with Crippen molar-refractivity contribution in [1.29, 1.82) is 0 Å². The second-order valence-corrected chi connectivity index (χ2v) is 11.4. The quantitative estimate of drug-likeness (QED) is 0.649. The standard InChI is InChI=1S/C29H36N2O/c32-27(31-13-11-30(12-14-31)21-23-7-3-1-4-8-23)20-28-16-24-15-25(17-28)19-29(18-24,22-28)26-9-5-2-6-10-26/h1-10,24-25H,11-22H2. The van der Waals surface area contributed by atoms with Crippen LogP contribution < -0.4 is 0 Å². The minimum Gasteiger partial charge on any atom is -0.340 e. The fraction of sp³-hybridized carbons (Fsp3) is 0.552. The molecule has 32 heavy (non-hydrogen) atoms. The Bertz CT molecular complexity index is 934. The van der Waals surface area contributed by atoms with Gasteiger partial charge in [-0.3, -0.25) is 9.69 Å². The third kappa shape index (κ3) is 3.79. The molecule has 5 aliphatic rings. The summed E-state index contributed by atoms with van der Waals surface area (Å²) < 4.78 is 0. The van der Waals surface area contributed by atoms with Gasteiger partial charge in [0, 0.05) is 39.1 Å². The first-order valence-corrected chi connectivity index (χ1v) is 12.7. The van der Waals surface area contributed by atoms with E-state index in [1.807, 2.05) is 0 Å². The van der Waals surface area contributed by atoms with Gasteiger partial charge in [-0.15, -0.1) is 0 Å². The fourth-order valence-electron chi connectivity index (χ4n) is 8.22. The number of carbonyl (C=O) groups is 1. The predicted octanol–water partition coefficient (Wildman–Crippen LogP) is 5.26. The lowest BCUT2D eigenvalue weighted by Gasteiger charge is -2.62. The van der Waals surface area contributed by atoms with Crippen LogP contribution in [0.5, 0.6) is 0 Å². The molecule has 2 unspecified atom stereocenters. The Labute approximate surface area is 192 Å². The number of benzene rings is 2. The Balaban J connectivity index is 1.12. The summed E-state index contributed by atoms with van der Waals surface area (Å²) >= 11 is 0. The summed E-state index contributed by atoms with van der Waals surface area (Å²) in [6.07, 6.45) is 8.70. The van der Waals surface area contributed by atoms with Crippen LogP contribution in [0.1, 0.15) is 56.1 Å². The summed E-state index contributed by atoms with van der Waals surface area (Å²) in [5, 5.41) is 0. The number of amides is 1. The van der Waals surface area contributed by atoms with Gasteiger partial charge in [-0.05, 0) is 72.3 Å². The SMILES string of the molecule is O=C(CC12CC3CC(C1)CC(c1ccccc1)(C3)C2)N1CCN(Cc2ccccc2)CC1. The number of piperazine rings is 1. The highest BCUT2D eigenvalue weighted by Crippen LogP contribution is 2.66. The second kappa shape index (κ2) is 8.02. The van der Waals surface area contributed by atoms with E-state index in [4.69, 9.17) is 0 Å². The van der Waals surface area contributed by atoms with Crippen LogP contribution in [0.15, 0.2) is 60.7 Å². The van der Waals surface area contributed by atoms with E-state index < -0.39 is 0 Å². The highest BCUT2D eigenvalue weighted by molar-refractivity contribution is 5.77. The molecule has 1 aliphatic heterocycles. The zero-order chi connectivity index (χ0) is 21.6. The molecule has 2 aromatic carbocycles. The lowest BCUT2D eigenvalue weighted by molar-refractivity contribution is -0.142. The maximum Gasteiger partial charge on any atom is 0.223 e. The molecule has 4 bridgehead atoms. The lowest BCUT2D eigenvalue weighted by atomic mass is 9.42. The molecule has 5 fully saturated rings. The summed E-state index contributed by atoms with van der Waals surface area (Å²) in [5.41, 5.74) is 3.49. The van der Waals surface area contributed by atoms with Gasteiger partial charge >= 0.3 is 0 Å². The molecule has 0 spiro atoms. The van der Waals surface area contributed by atoms with Crippen LogP contribution in [-0.4, -0.2) is 41.9 Å². The molecule has 168 valence electrons. The van der Waals surface area contributed by atoms with Gasteiger partial charge in [-0.1, -0.05) is 60.7 Å². The van der Waals surface area contributed by atoms with Crippen molar-refractivity contribution >= 4 is 5.91 Å². The zero-order valence-electron chi connectivity index (χ0n) is 19.2. The minimum atomic E-state index is 0.248. The van der Waals surface area contributed by atoms with E-state index in [9.17, 15) is 4.79 Å². The van der Waals surface area contributed by atoms with E-state index in [2.05, 4.69) is 70.5 Å². The summed E-state index contributed by atoms with van der Waals surface area (Å²) in [5.74, 6) is 2.08. The van der Waals surface area contributed by atoms with Gasteiger partial charge in [-0.2, -0.15) is 0 Å². The molecule has 3 nitrogen and oxygen atoms in total. The Kier molecular flexibility index (Phi) is 5.13. The third-order valence-corrected chi connectivity index (χ3v) is 9.07. The molecule has 1 saturated heterocycles. The molecule has 2 aromatic rings. The van der Waals surface area contributed by atoms with E-state index in [0.717, 1.165) is 51.0 Å². The van der Waals surface area contributed by atoms with Crippen molar-refractivity contribution in [2.24, 2.45) is 17.3 Å². The molecule has 4 saturated carbocycles. The number of rotatable bonds is 5. The molecule has 7 rings (SSSR count). The molecule has 0 radical (unpaired) electrons. The summed E-state index contributed by atoms with van der Waals surface area (Å²) in [6, 6.07) is 22.0. The number of carbonyl (C=O) groups excluding carboxylic acids is 1. The van der Waals surface area contributed by atoms with Crippen LogP contribution in [0.3, 0.4) is 0 Å². The molecule has 4 aliphatic carbocycles.